The second-order valence-electron chi connectivity index (χ2n) is 3.95. The molecule has 1 aromatic carbocycles. The molecule has 0 radical (unpaired) electrons. The van der Waals surface area contributed by atoms with Gasteiger partial charge in [0.25, 0.3) is 0 Å². The average Bonchev–Trinajstić information content (AvgIpc) is 2.19. The van der Waals surface area contributed by atoms with E-state index in [0.29, 0.717) is 0 Å². The molecule has 2 rings (SSSR count). The Labute approximate surface area is 92.9 Å². The molecule has 0 aromatic heterocycles. The highest BCUT2D eigenvalue weighted by atomic mass is 16.5. The number of anilines is 1. The molecule has 1 heterocycles. The molecule has 1 aromatic rings. The first-order chi connectivity index (χ1) is 7.19. The maximum Gasteiger partial charge on any atom is 0.142 e. The van der Waals surface area contributed by atoms with Crippen molar-refractivity contribution in [2.24, 2.45) is 0 Å². The van der Waals surface area contributed by atoms with Gasteiger partial charge in [-0.2, -0.15) is 0 Å². The van der Waals surface area contributed by atoms with Crippen LogP contribution in [0.2, 0.25) is 0 Å². The van der Waals surface area contributed by atoms with Crippen LogP contribution in [0.5, 0.6) is 5.75 Å². The van der Waals surface area contributed by atoms with Crippen LogP contribution in [0, 0.1) is 6.92 Å². The van der Waals surface area contributed by atoms with Crippen molar-refractivity contribution in [1.82, 2.24) is 0 Å². The van der Waals surface area contributed by atoms with Crippen LogP contribution in [-0.4, -0.2) is 20.2 Å². The molecule has 15 heavy (non-hydrogen) atoms. The van der Waals surface area contributed by atoms with E-state index in [1.807, 2.05) is 0 Å². The minimum Gasteiger partial charge on any atom is -0.490 e. The first-order valence-electron chi connectivity index (χ1n) is 5.63. The number of benzene rings is 1. The second-order valence-corrected chi connectivity index (χ2v) is 3.95. The van der Waals surface area contributed by atoms with Crippen LogP contribution in [0.15, 0.2) is 18.2 Å². The fourth-order valence-electron chi connectivity index (χ4n) is 1.47. The van der Waals surface area contributed by atoms with E-state index < -0.39 is 0 Å². The minimum absolute atomic E-state index is 0.799. The summed E-state index contributed by atoms with van der Waals surface area (Å²) in [6, 6.07) is 6.32. The predicted octanol–water partition coefficient (Wildman–Crippen LogP) is 3.24. The van der Waals surface area contributed by atoms with Gasteiger partial charge in [0, 0.05) is 7.05 Å². The third-order valence-corrected chi connectivity index (χ3v) is 2.21. The summed E-state index contributed by atoms with van der Waals surface area (Å²) in [7, 11) is 2.09. The van der Waals surface area contributed by atoms with Crippen LogP contribution >= 0.6 is 0 Å². The number of ether oxygens (including phenoxy) is 1. The van der Waals surface area contributed by atoms with Crippen molar-refractivity contribution in [2.45, 2.75) is 27.2 Å². The zero-order valence-electron chi connectivity index (χ0n) is 10.2. The van der Waals surface area contributed by atoms with Gasteiger partial charge in [0.15, 0.2) is 0 Å². The highest BCUT2D eigenvalue weighted by Crippen LogP contribution is 2.30. The zero-order chi connectivity index (χ0) is 11.3. The lowest BCUT2D eigenvalue weighted by Crippen LogP contribution is -2.28. The molecule has 0 bridgehead atoms. The van der Waals surface area contributed by atoms with E-state index in [-0.39, 0.29) is 0 Å². The van der Waals surface area contributed by atoms with Crippen LogP contribution in [-0.2, 0) is 0 Å². The third-order valence-electron chi connectivity index (χ3n) is 2.21. The van der Waals surface area contributed by atoms with E-state index in [2.05, 4.69) is 50.9 Å². The van der Waals surface area contributed by atoms with Gasteiger partial charge < -0.3 is 9.64 Å². The quantitative estimate of drug-likeness (QED) is 0.647. The third kappa shape index (κ3) is 3.15. The Morgan fingerprint density at radius 3 is 2.67 bits per heavy atom. The van der Waals surface area contributed by atoms with Gasteiger partial charge in [-0.1, -0.05) is 26.3 Å². The van der Waals surface area contributed by atoms with Gasteiger partial charge in [0.2, 0.25) is 0 Å². The topological polar surface area (TPSA) is 12.5 Å². The van der Waals surface area contributed by atoms with Crippen LogP contribution in [0.25, 0.3) is 0 Å². The van der Waals surface area contributed by atoms with E-state index >= 15 is 0 Å². The fourth-order valence-corrected chi connectivity index (χ4v) is 1.47. The normalized spacial score (nSPS) is 13.5. The van der Waals surface area contributed by atoms with Crippen LogP contribution in [0.3, 0.4) is 0 Å². The van der Waals surface area contributed by atoms with Gasteiger partial charge in [-0.15, -0.1) is 0 Å². The molecule has 0 saturated carbocycles. The maximum atomic E-state index is 5.53. The lowest BCUT2D eigenvalue weighted by molar-refractivity contribution is 0.311. The summed E-state index contributed by atoms with van der Waals surface area (Å²) in [6.07, 6.45) is 1.25. The SMILES string of the molecule is CCC.Cc1ccc2c(c1)OCCN2C. The first-order valence-corrected chi connectivity index (χ1v) is 5.63. The number of fused-ring (bicyclic) bond motifs is 1. The predicted molar refractivity (Wildman–Crippen MR) is 65.9 cm³/mol. The Morgan fingerprint density at radius 2 is 2.00 bits per heavy atom. The molecule has 0 unspecified atom stereocenters. The Hall–Kier alpha value is -1.18. The summed E-state index contributed by atoms with van der Waals surface area (Å²) in [6.45, 7) is 8.11. The summed E-state index contributed by atoms with van der Waals surface area (Å²) in [5, 5.41) is 0. The molecule has 1 aliphatic rings. The van der Waals surface area contributed by atoms with Crippen molar-refractivity contribution in [3.8, 4) is 5.75 Å². The molecule has 0 spiro atoms. The molecule has 84 valence electrons. The van der Waals surface area contributed by atoms with E-state index in [1.165, 1.54) is 17.7 Å². The molecular weight excluding hydrogens is 186 g/mol. The number of rotatable bonds is 0. The van der Waals surface area contributed by atoms with E-state index in [0.717, 1.165) is 18.9 Å². The number of aryl methyl sites for hydroxylation is 1. The summed E-state index contributed by atoms with van der Waals surface area (Å²) < 4.78 is 5.53. The zero-order valence-corrected chi connectivity index (χ0v) is 10.2. The molecule has 0 atom stereocenters. The van der Waals surface area contributed by atoms with Gasteiger partial charge in [-0.05, 0) is 24.6 Å². The molecule has 0 fully saturated rings. The van der Waals surface area contributed by atoms with Crippen LogP contribution in [0.4, 0.5) is 5.69 Å². The summed E-state index contributed by atoms with van der Waals surface area (Å²) in [5.41, 5.74) is 2.45. The fraction of sp³-hybridized carbons (Fsp3) is 0.538. The largest absolute Gasteiger partial charge is 0.490 e. The van der Waals surface area contributed by atoms with Crippen LogP contribution in [0.1, 0.15) is 25.8 Å². The highest BCUT2D eigenvalue weighted by Gasteiger charge is 2.13. The Balaban J connectivity index is 0.000000337. The highest BCUT2D eigenvalue weighted by molar-refractivity contribution is 5.60. The maximum absolute atomic E-state index is 5.53. The smallest absolute Gasteiger partial charge is 0.142 e. The van der Waals surface area contributed by atoms with Crippen molar-refractivity contribution in [2.75, 3.05) is 25.1 Å². The van der Waals surface area contributed by atoms with Gasteiger partial charge >= 0.3 is 0 Å². The number of hydrogen-bond acceptors (Lipinski definition) is 2. The van der Waals surface area contributed by atoms with E-state index in [1.54, 1.807) is 0 Å². The van der Waals surface area contributed by atoms with E-state index in [9.17, 15) is 0 Å². The molecular formula is C13H21NO. The first kappa shape index (κ1) is 11.9. The molecule has 0 N–H and O–H groups in total. The second kappa shape index (κ2) is 5.64. The summed E-state index contributed by atoms with van der Waals surface area (Å²) in [5.74, 6) is 1.02. The summed E-state index contributed by atoms with van der Waals surface area (Å²) in [4.78, 5) is 2.22. The lowest BCUT2D eigenvalue weighted by Gasteiger charge is -2.27. The summed E-state index contributed by atoms with van der Waals surface area (Å²) >= 11 is 0. The Kier molecular flexibility index (Phi) is 4.47. The minimum atomic E-state index is 0.799. The molecule has 0 saturated heterocycles. The number of likely N-dealkylation sites (N-methyl/N-ethyl adjacent to an activating group) is 1. The van der Waals surface area contributed by atoms with Crippen molar-refractivity contribution >= 4 is 5.69 Å². The number of nitrogens with zero attached hydrogens (tertiary/aromatic N) is 1. The molecule has 2 heteroatoms. The van der Waals surface area contributed by atoms with Crippen molar-refractivity contribution in [3.05, 3.63) is 23.8 Å². The Morgan fingerprint density at radius 1 is 1.33 bits per heavy atom. The van der Waals surface area contributed by atoms with Crippen LogP contribution < -0.4 is 9.64 Å². The monoisotopic (exact) mass is 207 g/mol. The van der Waals surface area contributed by atoms with Crippen molar-refractivity contribution < 1.29 is 4.74 Å². The molecule has 0 amide bonds. The molecule has 1 aliphatic heterocycles. The van der Waals surface area contributed by atoms with Gasteiger partial charge in [0.05, 0.1) is 12.2 Å². The number of hydrogen-bond donors (Lipinski definition) is 0. The van der Waals surface area contributed by atoms with Gasteiger partial charge in [0.1, 0.15) is 12.4 Å². The standard InChI is InChI=1S/C10H13NO.C3H8/c1-8-3-4-9-10(7-8)12-6-5-11(9)2;1-3-2/h3-4,7H,5-6H2,1-2H3;3H2,1-2H3. The van der Waals surface area contributed by atoms with E-state index in [4.69, 9.17) is 4.74 Å². The molecule has 0 aliphatic carbocycles. The lowest BCUT2D eigenvalue weighted by atomic mass is 10.2. The van der Waals surface area contributed by atoms with Gasteiger partial charge in [-0.3, -0.25) is 0 Å². The van der Waals surface area contributed by atoms with Crippen molar-refractivity contribution in [1.29, 1.82) is 0 Å². The average molecular weight is 207 g/mol. The Bertz CT molecular complexity index is 309. The van der Waals surface area contributed by atoms with Gasteiger partial charge in [-0.25, -0.2) is 0 Å². The van der Waals surface area contributed by atoms with Crippen molar-refractivity contribution in [3.63, 3.8) is 0 Å². The molecule has 2 nitrogen and oxygen atoms in total.